The van der Waals surface area contributed by atoms with Crippen molar-refractivity contribution in [3.63, 3.8) is 0 Å². The number of rotatable bonds is 3. The molecule has 1 aromatic rings. The number of thiol groups is 1. The minimum atomic E-state index is 0.733. The topological polar surface area (TPSA) is 23.8 Å². The molecule has 0 N–H and O–H groups in total. The van der Waals surface area contributed by atoms with Crippen LogP contribution in [-0.2, 0) is 0 Å². The van der Waals surface area contributed by atoms with Gasteiger partial charge in [-0.3, -0.25) is 0 Å². The van der Waals surface area contributed by atoms with Crippen LogP contribution in [0.5, 0.6) is 0 Å². The number of aryl methyl sites for hydroxylation is 2. The average Bonchev–Trinajstić information content (AvgIpc) is 2.22. The van der Waals surface area contributed by atoms with Gasteiger partial charge in [0.1, 0.15) is 0 Å². The first-order valence-corrected chi connectivity index (χ1v) is 5.61. The van der Waals surface area contributed by atoms with Gasteiger partial charge in [0, 0.05) is 0 Å². The number of hydrogen-bond acceptors (Lipinski definition) is 2. The SMILES string of the molecule is Cc1cc(C#N)cc(C)c1C=CCCS. The summed E-state index contributed by atoms with van der Waals surface area (Å²) in [5.41, 5.74) is 4.26. The Balaban J connectivity index is 3.04. The van der Waals surface area contributed by atoms with Crippen LogP contribution in [-0.4, -0.2) is 5.75 Å². The van der Waals surface area contributed by atoms with Crippen LogP contribution in [0.1, 0.15) is 28.7 Å². The summed E-state index contributed by atoms with van der Waals surface area (Å²) in [7, 11) is 0. The highest BCUT2D eigenvalue weighted by Crippen LogP contribution is 2.18. The van der Waals surface area contributed by atoms with Gasteiger partial charge in [-0.2, -0.15) is 17.9 Å². The summed E-state index contributed by atoms with van der Waals surface area (Å²) in [6.07, 6.45) is 5.21. The highest BCUT2D eigenvalue weighted by molar-refractivity contribution is 7.80. The molecule has 1 rings (SSSR count). The molecule has 0 radical (unpaired) electrons. The third kappa shape index (κ3) is 3.14. The summed E-state index contributed by atoms with van der Waals surface area (Å²) in [5.74, 6) is 0.866. The summed E-state index contributed by atoms with van der Waals surface area (Å²) in [5, 5.41) is 8.81. The second kappa shape index (κ2) is 5.63. The van der Waals surface area contributed by atoms with E-state index < -0.39 is 0 Å². The molecule has 0 unspecified atom stereocenters. The van der Waals surface area contributed by atoms with E-state index in [2.05, 4.69) is 30.9 Å². The molecule has 15 heavy (non-hydrogen) atoms. The van der Waals surface area contributed by atoms with E-state index in [0.717, 1.165) is 28.9 Å². The Labute approximate surface area is 96.8 Å². The second-order valence-corrected chi connectivity index (χ2v) is 4.00. The van der Waals surface area contributed by atoms with Gasteiger partial charge in [-0.1, -0.05) is 12.2 Å². The quantitative estimate of drug-likeness (QED) is 0.770. The minimum absolute atomic E-state index is 0.733. The van der Waals surface area contributed by atoms with E-state index in [4.69, 9.17) is 5.26 Å². The van der Waals surface area contributed by atoms with Gasteiger partial charge in [0.15, 0.2) is 0 Å². The van der Waals surface area contributed by atoms with Crippen molar-refractivity contribution in [3.05, 3.63) is 40.5 Å². The van der Waals surface area contributed by atoms with E-state index in [1.807, 2.05) is 26.0 Å². The molecule has 0 aliphatic carbocycles. The molecule has 0 atom stereocenters. The zero-order valence-corrected chi connectivity index (χ0v) is 10.0. The first-order valence-electron chi connectivity index (χ1n) is 4.97. The van der Waals surface area contributed by atoms with Crippen LogP contribution < -0.4 is 0 Å². The molecular weight excluding hydrogens is 202 g/mol. The van der Waals surface area contributed by atoms with Crippen LogP contribution in [0.4, 0.5) is 0 Å². The predicted molar refractivity (Wildman–Crippen MR) is 68.1 cm³/mol. The maximum Gasteiger partial charge on any atom is 0.0991 e. The Morgan fingerprint density at radius 1 is 1.33 bits per heavy atom. The van der Waals surface area contributed by atoms with Gasteiger partial charge in [-0.05, 0) is 54.8 Å². The smallest absolute Gasteiger partial charge is 0.0991 e. The monoisotopic (exact) mass is 217 g/mol. The largest absolute Gasteiger partial charge is 0.192 e. The van der Waals surface area contributed by atoms with E-state index in [1.165, 1.54) is 5.56 Å². The van der Waals surface area contributed by atoms with Crippen LogP contribution in [0.3, 0.4) is 0 Å². The fourth-order valence-corrected chi connectivity index (χ4v) is 1.73. The van der Waals surface area contributed by atoms with Gasteiger partial charge < -0.3 is 0 Å². The van der Waals surface area contributed by atoms with Crippen molar-refractivity contribution in [3.8, 4) is 6.07 Å². The average molecular weight is 217 g/mol. The van der Waals surface area contributed by atoms with Crippen LogP contribution in [0.2, 0.25) is 0 Å². The van der Waals surface area contributed by atoms with Gasteiger partial charge in [-0.15, -0.1) is 0 Å². The third-order valence-corrected chi connectivity index (χ3v) is 2.56. The Hall–Kier alpha value is -1.20. The molecule has 1 nitrogen and oxygen atoms in total. The van der Waals surface area contributed by atoms with Crippen LogP contribution in [0.25, 0.3) is 6.08 Å². The van der Waals surface area contributed by atoms with E-state index >= 15 is 0 Å². The fourth-order valence-electron chi connectivity index (χ4n) is 1.58. The molecule has 0 amide bonds. The number of hydrogen-bond donors (Lipinski definition) is 1. The molecule has 0 spiro atoms. The molecule has 0 bridgehead atoms. The maximum atomic E-state index is 8.81. The first-order chi connectivity index (χ1) is 7.19. The predicted octanol–water partition coefficient (Wildman–Crippen LogP) is 3.51. The van der Waals surface area contributed by atoms with E-state index in [0.29, 0.717) is 0 Å². The lowest BCUT2D eigenvalue weighted by Gasteiger charge is -2.05. The van der Waals surface area contributed by atoms with Crippen LogP contribution >= 0.6 is 12.6 Å². The van der Waals surface area contributed by atoms with Gasteiger partial charge in [-0.25, -0.2) is 0 Å². The van der Waals surface area contributed by atoms with E-state index in [-0.39, 0.29) is 0 Å². The van der Waals surface area contributed by atoms with Crippen molar-refractivity contribution < 1.29 is 0 Å². The lowest BCUT2D eigenvalue weighted by Crippen LogP contribution is -1.89. The maximum absolute atomic E-state index is 8.81. The van der Waals surface area contributed by atoms with E-state index in [1.54, 1.807) is 0 Å². The zero-order chi connectivity index (χ0) is 11.3. The number of benzene rings is 1. The summed E-state index contributed by atoms with van der Waals surface area (Å²) in [6, 6.07) is 6.01. The second-order valence-electron chi connectivity index (χ2n) is 3.55. The third-order valence-electron chi connectivity index (χ3n) is 2.30. The van der Waals surface area contributed by atoms with Crippen molar-refractivity contribution in [1.82, 2.24) is 0 Å². The molecule has 1 aromatic carbocycles. The fraction of sp³-hybridized carbons (Fsp3) is 0.308. The summed E-state index contributed by atoms with van der Waals surface area (Å²) in [4.78, 5) is 0. The highest BCUT2D eigenvalue weighted by Gasteiger charge is 2.01. The van der Waals surface area contributed by atoms with Crippen molar-refractivity contribution in [2.24, 2.45) is 0 Å². The van der Waals surface area contributed by atoms with Crippen molar-refractivity contribution in [2.45, 2.75) is 20.3 Å². The Kier molecular flexibility index (Phi) is 4.45. The summed E-state index contributed by atoms with van der Waals surface area (Å²) < 4.78 is 0. The molecule has 0 aliphatic heterocycles. The van der Waals surface area contributed by atoms with Crippen molar-refractivity contribution in [2.75, 3.05) is 5.75 Å². The minimum Gasteiger partial charge on any atom is -0.192 e. The molecule has 0 aliphatic rings. The van der Waals surface area contributed by atoms with Crippen molar-refractivity contribution >= 4 is 18.7 Å². The lowest BCUT2D eigenvalue weighted by molar-refractivity contribution is 1.25. The van der Waals surface area contributed by atoms with Crippen LogP contribution in [0.15, 0.2) is 18.2 Å². The number of nitriles is 1. The standard InChI is InChI=1S/C13H15NS/c1-10-7-12(9-14)8-11(2)13(10)5-3-4-6-15/h3,5,7-8,15H,4,6H2,1-2H3. The Morgan fingerprint density at radius 2 is 1.93 bits per heavy atom. The van der Waals surface area contributed by atoms with E-state index in [9.17, 15) is 0 Å². The van der Waals surface area contributed by atoms with Crippen molar-refractivity contribution in [1.29, 1.82) is 5.26 Å². The summed E-state index contributed by atoms with van der Waals surface area (Å²) in [6.45, 7) is 4.07. The Bertz CT molecular complexity index is 390. The van der Waals surface area contributed by atoms with Gasteiger partial charge >= 0.3 is 0 Å². The molecule has 0 saturated carbocycles. The van der Waals surface area contributed by atoms with Gasteiger partial charge in [0.05, 0.1) is 11.6 Å². The molecule has 0 heterocycles. The molecule has 78 valence electrons. The normalized spacial score (nSPS) is 10.5. The number of nitrogens with zero attached hydrogens (tertiary/aromatic N) is 1. The number of allylic oxidation sites excluding steroid dienone is 1. The van der Waals surface area contributed by atoms with Gasteiger partial charge in [0.2, 0.25) is 0 Å². The molecule has 0 saturated heterocycles. The Morgan fingerprint density at radius 3 is 2.40 bits per heavy atom. The first kappa shape index (κ1) is 11.9. The molecule has 0 aromatic heterocycles. The molecule has 0 fully saturated rings. The lowest BCUT2D eigenvalue weighted by atomic mass is 9.99. The van der Waals surface area contributed by atoms with Crippen LogP contribution in [0, 0.1) is 25.2 Å². The molecule has 2 heteroatoms. The highest BCUT2D eigenvalue weighted by atomic mass is 32.1. The molecular formula is C13H15NS. The summed E-state index contributed by atoms with van der Waals surface area (Å²) >= 11 is 4.16. The van der Waals surface area contributed by atoms with Gasteiger partial charge in [0.25, 0.3) is 0 Å². The zero-order valence-electron chi connectivity index (χ0n) is 9.12.